The summed E-state index contributed by atoms with van der Waals surface area (Å²) in [5.74, 6) is -0.505. The number of halogens is 1. The third-order valence-electron chi connectivity index (χ3n) is 4.31. The molecule has 0 atom stereocenters. The molecule has 2 amide bonds. The van der Waals surface area contributed by atoms with Crippen molar-refractivity contribution < 1.29 is 9.59 Å². The molecule has 0 aliphatic carbocycles. The number of amides is 2. The van der Waals surface area contributed by atoms with Crippen LogP contribution in [0.25, 0.3) is 21.7 Å². The van der Waals surface area contributed by atoms with Gasteiger partial charge in [-0.25, -0.2) is 0 Å². The number of carbonyl (C=O) groups excluding carboxylic acids is 2. The van der Waals surface area contributed by atoms with Gasteiger partial charge < -0.3 is 15.6 Å². The molecule has 3 N–H and O–H groups in total. The number of nitrogens with one attached hydrogen (secondary N) is 3. The van der Waals surface area contributed by atoms with E-state index in [4.69, 9.17) is 11.6 Å². The fourth-order valence-electron chi connectivity index (χ4n) is 3.10. The van der Waals surface area contributed by atoms with E-state index in [1.54, 1.807) is 18.2 Å². The van der Waals surface area contributed by atoms with Gasteiger partial charge in [0.15, 0.2) is 0 Å². The Morgan fingerprint density at radius 1 is 0.926 bits per heavy atom. The van der Waals surface area contributed by atoms with Crippen molar-refractivity contribution in [2.45, 2.75) is 6.92 Å². The van der Waals surface area contributed by atoms with Gasteiger partial charge in [0.25, 0.3) is 5.91 Å². The lowest BCUT2D eigenvalue weighted by molar-refractivity contribution is -0.114. The molecule has 6 heteroatoms. The van der Waals surface area contributed by atoms with Crippen LogP contribution < -0.4 is 10.6 Å². The number of fused-ring (bicyclic) bond motifs is 3. The van der Waals surface area contributed by atoms with Crippen molar-refractivity contribution in [1.82, 2.24) is 4.98 Å². The molecule has 5 nitrogen and oxygen atoms in total. The maximum absolute atomic E-state index is 12.7. The second kappa shape index (κ2) is 6.78. The van der Waals surface area contributed by atoms with Crippen LogP contribution in [-0.2, 0) is 4.79 Å². The fraction of sp³-hybridized carbons (Fsp3) is 0.0476. The van der Waals surface area contributed by atoms with Crippen LogP contribution in [0.4, 0.5) is 11.4 Å². The van der Waals surface area contributed by atoms with E-state index in [9.17, 15) is 9.59 Å². The maximum Gasteiger partial charge on any atom is 0.272 e. The molecule has 0 saturated carbocycles. The van der Waals surface area contributed by atoms with Gasteiger partial charge in [-0.2, -0.15) is 0 Å². The van der Waals surface area contributed by atoms with E-state index < -0.39 is 0 Å². The van der Waals surface area contributed by atoms with Gasteiger partial charge in [0.05, 0.1) is 10.7 Å². The van der Waals surface area contributed by atoms with Crippen LogP contribution in [0.3, 0.4) is 0 Å². The molecule has 0 aliphatic rings. The highest BCUT2D eigenvalue weighted by atomic mass is 35.5. The zero-order valence-electron chi connectivity index (χ0n) is 14.5. The highest BCUT2D eigenvalue weighted by molar-refractivity contribution is 6.34. The molecule has 0 radical (unpaired) electrons. The van der Waals surface area contributed by atoms with Crippen molar-refractivity contribution in [3.63, 3.8) is 0 Å². The first-order valence-corrected chi connectivity index (χ1v) is 8.78. The van der Waals surface area contributed by atoms with Gasteiger partial charge in [-0.15, -0.1) is 0 Å². The number of benzene rings is 3. The summed E-state index contributed by atoms with van der Waals surface area (Å²) in [5.41, 5.74) is 2.31. The first-order chi connectivity index (χ1) is 13.0. The van der Waals surface area contributed by atoms with Crippen LogP contribution in [0.5, 0.6) is 0 Å². The summed E-state index contributed by atoms with van der Waals surface area (Å²) in [5, 5.41) is 9.03. The topological polar surface area (TPSA) is 74.0 Å². The Morgan fingerprint density at radius 2 is 1.74 bits per heavy atom. The molecule has 4 rings (SSSR count). The van der Waals surface area contributed by atoms with Crippen LogP contribution in [-0.4, -0.2) is 16.8 Å². The number of rotatable bonds is 3. The molecule has 1 aromatic heterocycles. The molecular formula is C21H16ClN3O2. The second-order valence-corrected chi connectivity index (χ2v) is 6.67. The van der Waals surface area contributed by atoms with Crippen LogP contribution in [0, 0.1) is 0 Å². The number of H-pyrrole nitrogens is 1. The first-order valence-electron chi connectivity index (χ1n) is 8.40. The summed E-state index contributed by atoms with van der Waals surface area (Å²) in [6.07, 6.45) is 0. The molecule has 0 saturated heterocycles. The van der Waals surface area contributed by atoms with E-state index in [1.807, 2.05) is 42.5 Å². The van der Waals surface area contributed by atoms with E-state index in [1.165, 1.54) is 6.92 Å². The predicted molar refractivity (Wildman–Crippen MR) is 110 cm³/mol. The van der Waals surface area contributed by atoms with E-state index in [0.29, 0.717) is 22.1 Å². The van der Waals surface area contributed by atoms with Crippen LogP contribution in [0.1, 0.15) is 17.4 Å². The molecule has 1 heterocycles. The smallest absolute Gasteiger partial charge is 0.272 e. The average molecular weight is 378 g/mol. The minimum absolute atomic E-state index is 0.197. The third-order valence-corrected chi connectivity index (χ3v) is 4.64. The lowest BCUT2D eigenvalue weighted by Crippen LogP contribution is -2.13. The van der Waals surface area contributed by atoms with Crippen molar-refractivity contribution in [2.75, 3.05) is 10.6 Å². The van der Waals surface area contributed by atoms with Gasteiger partial charge in [0.2, 0.25) is 5.91 Å². The lowest BCUT2D eigenvalue weighted by atomic mass is 10.1. The molecular weight excluding hydrogens is 362 g/mol. The molecule has 134 valence electrons. The Balaban J connectivity index is 1.67. The molecule has 0 bridgehead atoms. The Hall–Kier alpha value is -3.31. The van der Waals surface area contributed by atoms with Crippen molar-refractivity contribution in [1.29, 1.82) is 0 Å². The van der Waals surface area contributed by atoms with Crippen LogP contribution in [0.15, 0.2) is 60.7 Å². The lowest BCUT2D eigenvalue weighted by Gasteiger charge is -2.09. The van der Waals surface area contributed by atoms with Crippen molar-refractivity contribution in [3.8, 4) is 0 Å². The summed E-state index contributed by atoms with van der Waals surface area (Å²) >= 11 is 6.18. The highest BCUT2D eigenvalue weighted by Crippen LogP contribution is 2.28. The molecule has 0 fully saturated rings. The van der Waals surface area contributed by atoms with E-state index >= 15 is 0 Å². The van der Waals surface area contributed by atoms with Gasteiger partial charge in [0.1, 0.15) is 5.69 Å². The van der Waals surface area contributed by atoms with Crippen LogP contribution >= 0.6 is 11.6 Å². The normalized spacial score (nSPS) is 10.9. The number of hydrogen-bond donors (Lipinski definition) is 3. The second-order valence-electron chi connectivity index (χ2n) is 6.26. The van der Waals surface area contributed by atoms with E-state index in [-0.39, 0.29) is 11.8 Å². The number of anilines is 2. The minimum atomic E-state index is -0.308. The third kappa shape index (κ3) is 3.37. The summed E-state index contributed by atoms with van der Waals surface area (Å²) in [6, 6.07) is 18.8. The fourth-order valence-corrected chi connectivity index (χ4v) is 3.26. The van der Waals surface area contributed by atoms with Gasteiger partial charge in [-0.1, -0.05) is 41.9 Å². The van der Waals surface area contributed by atoms with E-state index in [2.05, 4.69) is 15.6 Å². The van der Waals surface area contributed by atoms with Crippen molar-refractivity contribution >= 4 is 56.5 Å². The Labute approximate surface area is 160 Å². The minimum Gasteiger partial charge on any atom is -0.351 e. The SMILES string of the molecule is CC(=O)Nc1ccc(Cl)c(NC(=O)c2cc3c(ccc4ccccc43)[nH]2)c1. The monoisotopic (exact) mass is 377 g/mol. The summed E-state index contributed by atoms with van der Waals surface area (Å²) < 4.78 is 0. The number of aromatic amines is 1. The number of carbonyl (C=O) groups is 2. The van der Waals surface area contributed by atoms with E-state index in [0.717, 1.165) is 21.7 Å². The standard InChI is InChI=1S/C21H16ClN3O2/c1-12(26)23-14-7-8-17(22)19(10-14)25-21(27)20-11-16-15-5-3-2-4-13(15)6-9-18(16)24-20/h2-11,24H,1H3,(H,23,26)(H,25,27). The maximum atomic E-state index is 12.7. The molecule has 3 aromatic carbocycles. The molecule has 4 aromatic rings. The van der Waals surface area contributed by atoms with Gasteiger partial charge >= 0.3 is 0 Å². The zero-order chi connectivity index (χ0) is 19.0. The average Bonchev–Trinajstić information content (AvgIpc) is 3.09. The Bertz CT molecular complexity index is 1200. The zero-order valence-corrected chi connectivity index (χ0v) is 15.2. The summed E-state index contributed by atoms with van der Waals surface area (Å²) in [6.45, 7) is 1.42. The largest absolute Gasteiger partial charge is 0.351 e. The molecule has 0 aliphatic heterocycles. The quantitative estimate of drug-likeness (QED) is 0.460. The predicted octanol–water partition coefficient (Wildman–Crippen LogP) is 5.19. The number of aromatic nitrogens is 1. The van der Waals surface area contributed by atoms with Gasteiger partial charge in [0, 0.05) is 23.5 Å². The van der Waals surface area contributed by atoms with Gasteiger partial charge in [-0.05, 0) is 41.1 Å². The summed E-state index contributed by atoms with van der Waals surface area (Å²) in [4.78, 5) is 27.1. The van der Waals surface area contributed by atoms with Crippen LogP contribution in [0.2, 0.25) is 5.02 Å². The van der Waals surface area contributed by atoms with Crippen molar-refractivity contribution in [2.24, 2.45) is 0 Å². The Kier molecular flexibility index (Phi) is 4.30. The first kappa shape index (κ1) is 17.1. The number of hydrogen-bond acceptors (Lipinski definition) is 2. The molecule has 27 heavy (non-hydrogen) atoms. The highest BCUT2D eigenvalue weighted by Gasteiger charge is 2.13. The van der Waals surface area contributed by atoms with Crippen molar-refractivity contribution in [3.05, 3.63) is 71.4 Å². The van der Waals surface area contributed by atoms with Gasteiger partial charge in [-0.3, -0.25) is 9.59 Å². The molecule has 0 spiro atoms. The Morgan fingerprint density at radius 3 is 2.56 bits per heavy atom. The summed E-state index contributed by atoms with van der Waals surface area (Å²) in [7, 11) is 0. The molecule has 0 unspecified atom stereocenters.